The van der Waals surface area contributed by atoms with Crippen LogP contribution in [0.4, 0.5) is 0 Å². The normalized spacial score (nSPS) is 3.90. The molecule has 0 radical (unpaired) electrons. The first-order valence-electron chi connectivity index (χ1n) is 2.47. The van der Waals surface area contributed by atoms with Crippen molar-refractivity contribution in [1.29, 1.82) is 0 Å². The van der Waals surface area contributed by atoms with E-state index in [0.29, 0.717) is 0 Å². The zero-order chi connectivity index (χ0) is 7.66. The third kappa shape index (κ3) is 5.98. The number of allylic oxidation sites excluding steroid dienone is 1. The van der Waals surface area contributed by atoms with Crippen LogP contribution in [0.1, 0.15) is 0 Å². The van der Waals surface area contributed by atoms with E-state index in [1.807, 2.05) is 0 Å². The molecule has 0 nitrogen and oxygen atoms in total. The standard InChI is InChI=1S/C10H4/c1-3-5-7-9-10-8-6-4-2/h1,8H,2H2. The van der Waals surface area contributed by atoms with E-state index in [1.165, 1.54) is 6.08 Å². The summed E-state index contributed by atoms with van der Waals surface area (Å²) >= 11 is 0. The second-order valence-corrected chi connectivity index (χ2v) is 1.13. The minimum absolute atomic E-state index is 1.47. The SMILES string of the molecule is C#CC#CC#CC=C=C=C. The van der Waals surface area contributed by atoms with Crippen LogP contribution < -0.4 is 0 Å². The lowest BCUT2D eigenvalue weighted by atomic mass is 10.5. The maximum absolute atomic E-state index is 4.83. The molecule has 10 heavy (non-hydrogen) atoms. The highest BCUT2D eigenvalue weighted by molar-refractivity contribution is 5.36. The van der Waals surface area contributed by atoms with E-state index in [2.05, 4.69) is 47.6 Å². The van der Waals surface area contributed by atoms with Crippen molar-refractivity contribution < 1.29 is 0 Å². The van der Waals surface area contributed by atoms with Gasteiger partial charge in [-0.2, -0.15) is 0 Å². The summed E-state index contributed by atoms with van der Waals surface area (Å²) in [7, 11) is 0. The van der Waals surface area contributed by atoms with Crippen LogP contribution in [-0.4, -0.2) is 0 Å². The first-order chi connectivity index (χ1) is 4.91. The average molecular weight is 124 g/mol. The molecule has 0 fully saturated rings. The van der Waals surface area contributed by atoms with Gasteiger partial charge in [0.05, 0.1) is 0 Å². The lowest BCUT2D eigenvalue weighted by Gasteiger charge is -1.53. The van der Waals surface area contributed by atoms with E-state index < -0.39 is 0 Å². The van der Waals surface area contributed by atoms with Crippen LogP contribution in [0.2, 0.25) is 0 Å². The first-order valence-corrected chi connectivity index (χ1v) is 2.47. The Morgan fingerprint density at radius 3 is 2.60 bits per heavy atom. The number of terminal acetylenes is 1. The summed E-state index contributed by atoms with van der Waals surface area (Å²) in [5.74, 6) is 12.0. The summed E-state index contributed by atoms with van der Waals surface area (Å²) in [5.41, 5.74) is 4.96. The molecule has 0 atom stereocenters. The number of hydrogen-bond acceptors (Lipinski definition) is 0. The molecule has 0 aliphatic heterocycles. The fourth-order valence-corrected chi connectivity index (χ4v) is 0.227. The molecule has 0 amide bonds. The van der Waals surface area contributed by atoms with Gasteiger partial charge in [0.2, 0.25) is 0 Å². The molecule has 0 heterocycles. The summed E-state index contributed by atoms with van der Waals surface area (Å²) in [4.78, 5) is 0. The van der Waals surface area contributed by atoms with Crippen molar-refractivity contribution in [2.75, 3.05) is 0 Å². The lowest BCUT2D eigenvalue weighted by Crippen LogP contribution is -1.48. The first kappa shape index (κ1) is 7.98. The Morgan fingerprint density at radius 2 is 2.00 bits per heavy atom. The molecule has 0 aromatic heterocycles. The van der Waals surface area contributed by atoms with Gasteiger partial charge < -0.3 is 0 Å². The van der Waals surface area contributed by atoms with Crippen LogP contribution in [0, 0.1) is 36.0 Å². The molecular formula is C10H4. The Bertz CT molecular complexity index is 329. The molecule has 0 unspecified atom stereocenters. The summed E-state index contributed by atoms with van der Waals surface area (Å²) in [5, 5.41) is 0. The fraction of sp³-hybridized carbons (Fsp3) is 0. The van der Waals surface area contributed by atoms with Crippen LogP contribution in [0.25, 0.3) is 0 Å². The smallest absolute Gasteiger partial charge is 0.0396 e. The zero-order valence-corrected chi connectivity index (χ0v) is 5.36. The maximum Gasteiger partial charge on any atom is 0.0396 e. The molecule has 0 rings (SSSR count). The Morgan fingerprint density at radius 1 is 1.20 bits per heavy atom. The molecule has 0 aromatic rings. The maximum atomic E-state index is 4.83. The molecule has 0 spiro atoms. The van der Waals surface area contributed by atoms with Crippen molar-refractivity contribution >= 4 is 0 Å². The average Bonchev–Trinajstić information content (AvgIpc) is 1.97. The second kappa shape index (κ2) is 6.98. The predicted octanol–water partition coefficient (Wildman–Crippen LogP) is 1.12. The van der Waals surface area contributed by atoms with E-state index >= 15 is 0 Å². The van der Waals surface area contributed by atoms with Gasteiger partial charge in [0.25, 0.3) is 0 Å². The third-order valence-electron chi connectivity index (χ3n) is 0.516. The fourth-order valence-electron chi connectivity index (χ4n) is 0.227. The monoisotopic (exact) mass is 124 g/mol. The van der Waals surface area contributed by atoms with Crippen LogP contribution in [0.5, 0.6) is 0 Å². The van der Waals surface area contributed by atoms with Crippen LogP contribution >= 0.6 is 0 Å². The van der Waals surface area contributed by atoms with Crippen molar-refractivity contribution in [2.45, 2.75) is 0 Å². The minimum Gasteiger partial charge on any atom is -0.106 e. The molecule has 0 aliphatic carbocycles. The predicted molar refractivity (Wildman–Crippen MR) is 41.6 cm³/mol. The highest BCUT2D eigenvalue weighted by Gasteiger charge is 1.51. The van der Waals surface area contributed by atoms with Gasteiger partial charge in [-0.25, -0.2) is 0 Å². The Hall–Kier alpha value is -2.02. The van der Waals surface area contributed by atoms with Crippen molar-refractivity contribution in [1.82, 2.24) is 0 Å². The third-order valence-corrected chi connectivity index (χ3v) is 0.516. The molecule has 0 N–H and O–H groups in total. The van der Waals surface area contributed by atoms with Gasteiger partial charge in [-0.3, -0.25) is 0 Å². The molecule has 0 saturated carbocycles. The topological polar surface area (TPSA) is 0 Å². The molecule has 44 valence electrons. The van der Waals surface area contributed by atoms with Crippen molar-refractivity contribution in [2.24, 2.45) is 0 Å². The van der Waals surface area contributed by atoms with Gasteiger partial charge in [-0.1, -0.05) is 17.4 Å². The van der Waals surface area contributed by atoms with Crippen LogP contribution in [-0.2, 0) is 0 Å². The van der Waals surface area contributed by atoms with E-state index in [4.69, 9.17) is 6.42 Å². The quantitative estimate of drug-likeness (QED) is 0.335. The van der Waals surface area contributed by atoms with Gasteiger partial charge in [-0.15, -0.1) is 6.42 Å². The van der Waals surface area contributed by atoms with Crippen molar-refractivity contribution in [3.8, 4) is 36.0 Å². The van der Waals surface area contributed by atoms with Crippen molar-refractivity contribution in [3.63, 3.8) is 0 Å². The molecule has 0 aliphatic rings. The van der Waals surface area contributed by atoms with Crippen molar-refractivity contribution in [3.05, 3.63) is 24.1 Å². The van der Waals surface area contributed by atoms with Crippen LogP contribution in [0.3, 0.4) is 0 Å². The molecular weight excluding hydrogens is 120 g/mol. The van der Waals surface area contributed by atoms with Gasteiger partial charge in [0.15, 0.2) is 0 Å². The van der Waals surface area contributed by atoms with E-state index in [-0.39, 0.29) is 0 Å². The molecule has 0 aromatic carbocycles. The van der Waals surface area contributed by atoms with Crippen LogP contribution in [0.15, 0.2) is 24.1 Å². The largest absolute Gasteiger partial charge is 0.106 e. The number of rotatable bonds is 0. The van der Waals surface area contributed by atoms with Gasteiger partial charge in [0.1, 0.15) is 0 Å². The summed E-state index contributed by atoms with van der Waals surface area (Å²) in [6, 6.07) is 0. The highest BCUT2D eigenvalue weighted by Crippen LogP contribution is 1.58. The summed E-state index contributed by atoms with van der Waals surface area (Å²) < 4.78 is 0. The van der Waals surface area contributed by atoms with Gasteiger partial charge in [0, 0.05) is 6.08 Å². The molecule has 0 saturated heterocycles. The Labute approximate surface area is 61.0 Å². The Balaban J connectivity index is 4.11. The second-order valence-electron chi connectivity index (χ2n) is 1.13. The summed E-state index contributed by atoms with van der Waals surface area (Å²) in [6.45, 7) is 3.29. The molecule has 0 bridgehead atoms. The van der Waals surface area contributed by atoms with Gasteiger partial charge in [-0.05, 0) is 30.3 Å². The lowest BCUT2D eigenvalue weighted by molar-refractivity contribution is 2.18. The summed E-state index contributed by atoms with van der Waals surface area (Å²) in [6.07, 6.45) is 6.30. The number of hydrogen-bond donors (Lipinski definition) is 0. The zero-order valence-electron chi connectivity index (χ0n) is 5.36. The van der Waals surface area contributed by atoms with E-state index in [9.17, 15) is 0 Å². The Kier molecular flexibility index (Phi) is 5.57. The highest BCUT2D eigenvalue weighted by atomic mass is 13.5. The van der Waals surface area contributed by atoms with Gasteiger partial charge >= 0.3 is 0 Å². The van der Waals surface area contributed by atoms with E-state index in [0.717, 1.165) is 0 Å². The molecule has 0 heteroatoms. The van der Waals surface area contributed by atoms with E-state index in [1.54, 1.807) is 0 Å². The minimum atomic E-state index is 1.47.